The molecule has 1 aliphatic heterocycles. The van der Waals surface area contributed by atoms with Gasteiger partial charge < -0.3 is 19.5 Å². The quantitative estimate of drug-likeness (QED) is 0.869. The van der Waals surface area contributed by atoms with Gasteiger partial charge in [-0.3, -0.25) is 0 Å². The van der Waals surface area contributed by atoms with E-state index in [2.05, 4.69) is 0 Å². The average Bonchev–Trinajstić information content (AvgIpc) is 2.33. The first-order valence-electron chi connectivity index (χ1n) is 6.83. The predicted octanol–water partition coefficient (Wildman–Crippen LogP) is 2.33. The summed E-state index contributed by atoms with van der Waals surface area (Å²) in [6, 6.07) is 0. The molecule has 1 unspecified atom stereocenters. The zero-order chi connectivity index (χ0) is 16.3. The van der Waals surface area contributed by atoms with Crippen LogP contribution in [0.1, 0.15) is 33.6 Å². The minimum Gasteiger partial charge on any atom is -0.444 e. The number of carbonyl (C=O) groups excluding carboxylic acids is 1. The highest BCUT2D eigenvalue weighted by Gasteiger charge is 2.39. The van der Waals surface area contributed by atoms with Crippen LogP contribution in [-0.2, 0) is 9.47 Å². The molecule has 21 heavy (non-hydrogen) atoms. The number of hydrogen-bond donors (Lipinski definition) is 1. The first-order valence-corrected chi connectivity index (χ1v) is 6.83. The van der Waals surface area contributed by atoms with E-state index in [1.807, 2.05) is 0 Å². The third-order valence-electron chi connectivity index (χ3n) is 2.96. The maximum Gasteiger partial charge on any atom is 0.416 e. The number of halogens is 3. The zero-order valence-corrected chi connectivity index (χ0v) is 12.4. The van der Waals surface area contributed by atoms with Crippen molar-refractivity contribution in [2.45, 2.75) is 57.6 Å². The van der Waals surface area contributed by atoms with Crippen LogP contribution in [-0.4, -0.2) is 59.8 Å². The number of rotatable bonds is 3. The lowest BCUT2D eigenvalue weighted by Crippen LogP contribution is -2.44. The highest BCUT2D eigenvalue weighted by atomic mass is 19.4. The molecule has 1 N–H and O–H groups in total. The number of ether oxygens (including phenoxy) is 2. The Kier molecular flexibility index (Phi) is 5.86. The zero-order valence-electron chi connectivity index (χ0n) is 12.4. The van der Waals surface area contributed by atoms with Gasteiger partial charge in [-0.15, -0.1) is 0 Å². The highest BCUT2D eigenvalue weighted by Crippen LogP contribution is 2.22. The highest BCUT2D eigenvalue weighted by molar-refractivity contribution is 5.68. The summed E-state index contributed by atoms with van der Waals surface area (Å²) in [5.41, 5.74) is -0.582. The van der Waals surface area contributed by atoms with E-state index in [4.69, 9.17) is 14.6 Å². The second-order valence-corrected chi connectivity index (χ2v) is 6.06. The second kappa shape index (κ2) is 6.83. The van der Waals surface area contributed by atoms with E-state index >= 15 is 0 Å². The molecule has 0 aromatic carbocycles. The molecule has 0 saturated carbocycles. The normalized spacial score (nSPS) is 19.5. The van der Waals surface area contributed by atoms with Crippen LogP contribution in [0.5, 0.6) is 0 Å². The molecular weight excluding hydrogens is 291 g/mol. The monoisotopic (exact) mass is 313 g/mol. The number of hydrogen-bond acceptors (Lipinski definition) is 4. The van der Waals surface area contributed by atoms with Gasteiger partial charge >= 0.3 is 12.3 Å². The lowest BCUT2D eigenvalue weighted by molar-refractivity contribution is -0.222. The summed E-state index contributed by atoms with van der Waals surface area (Å²) in [4.78, 5) is 13.3. The molecule has 124 valence electrons. The molecule has 0 aromatic rings. The van der Waals surface area contributed by atoms with Gasteiger partial charge in [0.05, 0.1) is 12.7 Å². The Balaban J connectivity index is 2.31. The maximum atomic E-state index is 12.1. The lowest BCUT2D eigenvalue weighted by Gasteiger charge is -2.33. The number of carbonyl (C=O) groups is 1. The summed E-state index contributed by atoms with van der Waals surface area (Å²) in [7, 11) is 0. The molecule has 0 aliphatic carbocycles. The molecule has 0 bridgehead atoms. The number of aliphatic hydroxyl groups is 1. The van der Waals surface area contributed by atoms with E-state index in [-0.39, 0.29) is 6.10 Å². The summed E-state index contributed by atoms with van der Waals surface area (Å²) in [6.45, 7) is 5.24. The number of amides is 1. The molecule has 1 fully saturated rings. The van der Waals surface area contributed by atoms with Crippen molar-refractivity contribution < 1.29 is 32.5 Å². The van der Waals surface area contributed by atoms with Crippen LogP contribution >= 0.6 is 0 Å². The number of nitrogens with zero attached hydrogens (tertiary/aromatic N) is 1. The SMILES string of the molecule is CC(C)(C)OC(=O)N1CCC(OCC(O)C(F)(F)F)CC1. The molecule has 1 atom stereocenters. The summed E-state index contributed by atoms with van der Waals surface area (Å²) in [5.74, 6) is 0. The van der Waals surface area contributed by atoms with Gasteiger partial charge in [0.25, 0.3) is 0 Å². The number of likely N-dealkylation sites (tertiary alicyclic amines) is 1. The Bertz CT molecular complexity index is 346. The van der Waals surface area contributed by atoms with Gasteiger partial charge in [-0.2, -0.15) is 13.2 Å². The molecule has 8 heteroatoms. The third kappa shape index (κ3) is 6.52. The fourth-order valence-electron chi connectivity index (χ4n) is 1.85. The van der Waals surface area contributed by atoms with Gasteiger partial charge in [-0.1, -0.05) is 0 Å². The Hall–Kier alpha value is -1.02. The van der Waals surface area contributed by atoms with Crippen molar-refractivity contribution in [2.75, 3.05) is 19.7 Å². The topological polar surface area (TPSA) is 59.0 Å². The molecular formula is C13H22F3NO4. The maximum absolute atomic E-state index is 12.1. The van der Waals surface area contributed by atoms with Crippen LogP contribution in [0.4, 0.5) is 18.0 Å². The lowest BCUT2D eigenvalue weighted by atomic mass is 10.1. The fraction of sp³-hybridized carbons (Fsp3) is 0.923. The van der Waals surface area contributed by atoms with Crippen molar-refractivity contribution in [1.82, 2.24) is 4.90 Å². The van der Waals surface area contributed by atoms with Crippen LogP contribution < -0.4 is 0 Å². The Labute approximate surface area is 122 Å². The number of aliphatic hydroxyl groups excluding tert-OH is 1. The van der Waals surface area contributed by atoms with Gasteiger partial charge in [-0.05, 0) is 33.6 Å². The van der Waals surface area contributed by atoms with Gasteiger partial charge in [0.15, 0.2) is 6.10 Å². The Morgan fingerprint density at radius 1 is 1.29 bits per heavy atom. The fourth-order valence-corrected chi connectivity index (χ4v) is 1.85. The van der Waals surface area contributed by atoms with E-state index in [1.54, 1.807) is 20.8 Å². The Morgan fingerprint density at radius 3 is 2.24 bits per heavy atom. The third-order valence-corrected chi connectivity index (χ3v) is 2.96. The van der Waals surface area contributed by atoms with E-state index in [0.717, 1.165) is 0 Å². The van der Waals surface area contributed by atoms with Crippen molar-refractivity contribution in [3.63, 3.8) is 0 Å². The van der Waals surface area contributed by atoms with Crippen LogP contribution in [0.3, 0.4) is 0 Å². The molecule has 5 nitrogen and oxygen atoms in total. The van der Waals surface area contributed by atoms with Crippen molar-refractivity contribution in [2.24, 2.45) is 0 Å². The minimum absolute atomic E-state index is 0.363. The van der Waals surface area contributed by atoms with Crippen LogP contribution in [0.15, 0.2) is 0 Å². The van der Waals surface area contributed by atoms with Crippen LogP contribution in [0, 0.1) is 0 Å². The van der Waals surface area contributed by atoms with Gasteiger partial charge in [-0.25, -0.2) is 4.79 Å². The van der Waals surface area contributed by atoms with Crippen molar-refractivity contribution in [1.29, 1.82) is 0 Å². The number of piperidine rings is 1. The second-order valence-electron chi connectivity index (χ2n) is 6.06. The first-order chi connectivity index (χ1) is 9.49. The molecule has 1 aliphatic rings. The molecule has 1 rings (SSSR count). The molecule has 1 saturated heterocycles. The molecule has 0 spiro atoms. The average molecular weight is 313 g/mol. The van der Waals surface area contributed by atoms with E-state index in [0.29, 0.717) is 25.9 Å². The van der Waals surface area contributed by atoms with Crippen LogP contribution in [0.2, 0.25) is 0 Å². The van der Waals surface area contributed by atoms with E-state index in [9.17, 15) is 18.0 Å². The molecule has 1 amide bonds. The van der Waals surface area contributed by atoms with Crippen molar-refractivity contribution >= 4 is 6.09 Å². The van der Waals surface area contributed by atoms with E-state index < -0.39 is 30.6 Å². The van der Waals surface area contributed by atoms with Gasteiger partial charge in [0, 0.05) is 13.1 Å². The number of alkyl halides is 3. The smallest absolute Gasteiger partial charge is 0.416 e. The summed E-state index contributed by atoms with van der Waals surface area (Å²) in [5, 5.41) is 8.85. The molecule has 0 radical (unpaired) electrons. The largest absolute Gasteiger partial charge is 0.444 e. The predicted molar refractivity (Wildman–Crippen MR) is 68.8 cm³/mol. The van der Waals surface area contributed by atoms with Crippen molar-refractivity contribution in [3.8, 4) is 0 Å². The summed E-state index contributed by atoms with van der Waals surface area (Å²) < 4.78 is 46.7. The Morgan fingerprint density at radius 2 is 1.81 bits per heavy atom. The van der Waals surface area contributed by atoms with Crippen molar-refractivity contribution in [3.05, 3.63) is 0 Å². The first kappa shape index (κ1) is 18.0. The van der Waals surface area contributed by atoms with Gasteiger partial charge in [0.2, 0.25) is 0 Å². The van der Waals surface area contributed by atoms with Gasteiger partial charge in [0.1, 0.15) is 5.60 Å². The van der Waals surface area contributed by atoms with E-state index in [1.165, 1.54) is 4.90 Å². The molecule has 1 heterocycles. The molecule has 0 aromatic heterocycles. The summed E-state index contributed by atoms with van der Waals surface area (Å²) in [6.07, 6.45) is -7.12. The van der Waals surface area contributed by atoms with Crippen LogP contribution in [0.25, 0.3) is 0 Å². The standard InChI is InChI=1S/C13H22F3NO4/c1-12(2,3)21-11(19)17-6-4-9(5-7-17)20-8-10(18)13(14,15)16/h9-10,18H,4-8H2,1-3H3. The minimum atomic E-state index is -4.67. The summed E-state index contributed by atoms with van der Waals surface area (Å²) >= 11 is 0.